The predicted molar refractivity (Wildman–Crippen MR) is 51.0 cm³/mol. The molecule has 2 N–H and O–H groups in total. The largest absolute Gasteiger partial charge is 0.508 e. The molecule has 1 unspecified atom stereocenters. The zero-order chi connectivity index (χ0) is 10.1. The normalized spacial score (nSPS) is 13.3. The summed E-state index contributed by atoms with van der Waals surface area (Å²) in [5.74, 6) is 0.168. The molecule has 0 amide bonds. The Bertz CT molecular complexity index is 452. The predicted octanol–water partition coefficient (Wildman–Crippen LogP) is 0.690. The molecule has 0 radical (unpaired) electrons. The fraction of sp³-hybridized carbons (Fsp3) is 0.333. The zero-order valence-electron chi connectivity index (χ0n) is 7.75. The fourth-order valence-corrected chi connectivity index (χ4v) is 1.33. The van der Waals surface area contributed by atoms with E-state index in [1.54, 1.807) is 22.9 Å². The lowest BCUT2D eigenvalue weighted by molar-refractivity contribution is 0.231. The molecular formula is C9H11N3O2. The Labute approximate surface area is 80.6 Å². The lowest BCUT2D eigenvalue weighted by atomic mass is 10.3. The van der Waals surface area contributed by atoms with Crippen LogP contribution in [0.25, 0.3) is 11.0 Å². The number of aliphatic hydroxyl groups is 1. The van der Waals surface area contributed by atoms with E-state index in [1.165, 1.54) is 0 Å². The van der Waals surface area contributed by atoms with E-state index in [-0.39, 0.29) is 18.4 Å². The Morgan fingerprint density at radius 1 is 1.50 bits per heavy atom. The SMILES string of the molecule is CC(CO)n1nnc2cc(O)ccc21. The second-order valence-corrected chi connectivity index (χ2v) is 3.24. The van der Waals surface area contributed by atoms with E-state index in [2.05, 4.69) is 10.3 Å². The second-order valence-electron chi connectivity index (χ2n) is 3.24. The van der Waals surface area contributed by atoms with Crippen LogP contribution in [-0.4, -0.2) is 31.8 Å². The summed E-state index contributed by atoms with van der Waals surface area (Å²) in [5.41, 5.74) is 1.44. The van der Waals surface area contributed by atoms with Gasteiger partial charge in [0.25, 0.3) is 0 Å². The summed E-state index contributed by atoms with van der Waals surface area (Å²) >= 11 is 0. The number of aromatic hydroxyl groups is 1. The van der Waals surface area contributed by atoms with Gasteiger partial charge in [-0.2, -0.15) is 0 Å². The highest BCUT2D eigenvalue weighted by Gasteiger charge is 2.09. The topological polar surface area (TPSA) is 71.2 Å². The molecular weight excluding hydrogens is 182 g/mol. The molecule has 0 saturated heterocycles. The third-order valence-corrected chi connectivity index (χ3v) is 2.14. The zero-order valence-corrected chi connectivity index (χ0v) is 7.75. The Balaban J connectivity index is 2.58. The van der Waals surface area contributed by atoms with Crippen LogP contribution in [0.1, 0.15) is 13.0 Å². The third-order valence-electron chi connectivity index (χ3n) is 2.14. The Hall–Kier alpha value is -1.62. The first-order valence-electron chi connectivity index (χ1n) is 4.37. The van der Waals surface area contributed by atoms with Gasteiger partial charge in [0.05, 0.1) is 18.2 Å². The van der Waals surface area contributed by atoms with Crippen molar-refractivity contribution in [1.82, 2.24) is 15.0 Å². The van der Waals surface area contributed by atoms with Crippen molar-refractivity contribution in [2.75, 3.05) is 6.61 Å². The number of hydrogen-bond donors (Lipinski definition) is 2. The Morgan fingerprint density at radius 3 is 3.00 bits per heavy atom. The molecule has 0 aliphatic carbocycles. The summed E-state index contributed by atoms with van der Waals surface area (Å²) in [6.07, 6.45) is 0. The number of phenols is 1. The van der Waals surface area contributed by atoms with E-state index in [0.717, 1.165) is 5.52 Å². The molecule has 1 aromatic carbocycles. The summed E-state index contributed by atoms with van der Waals surface area (Å²) in [6, 6.07) is 4.75. The van der Waals surface area contributed by atoms with Gasteiger partial charge in [-0.25, -0.2) is 4.68 Å². The minimum atomic E-state index is -0.107. The maximum atomic E-state index is 9.21. The van der Waals surface area contributed by atoms with Crippen molar-refractivity contribution in [3.63, 3.8) is 0 Å². The number of aromatic nitrogens is 3. The highest BCUT2D eigenvalue weighted by molar-refractivity contribution is 5.75. The summed E-state index contributed by atoms with van der Waals surface area (Å²) in [4.78, 5) is 0. The molecule has 0 aliphatic rings. The number of benzene rings is 1. The number of hydrogen-bond acceptors (Lipinski definition) is 4. The van der Waals surface area contributed by atoms with Crippen molar-refractivity contribution in [1.29, 1.82) is 0 Å². The van der Waals surface area contributed by atoms with E-state index in [1.807, 2.05) is 6.92 Å². The van der Waals surface area contributed by atoms with Gasteiger partial charge in [0.1, 0.15) is 11.3 Å². The average molecular weight is 193 g/mol. The van der Waals surface area contributed by atoms with Crippen molar-refractivity contribution in [2.45, 2.75) is 13.0 Å². The van der Waals surface area contributed by atoms with Crippen molar-refractivity contribution < 1.29 is 10.2 Å². The quantitative estimate of drug-likeness (QED) is 0.736. The van der Waals surface area contributed by atoms with Crippen LogP contribution in [0.2, 0.25) is 0 Å². The maximum absolute atomic E-state index is 9.21. The van der Waals surface area contributed by atoms with Crippen LogP contribution >= 0.6 is 0 Å². The molecule has 5 nitrogen and oxygen atoms in total. The average Bonchev–Trinajstić information content (AvgIpc) is 2.59. The van der Waals surface area contributed by atoms with E-state index in [0.29, 0.717) is 5.52 Å². The number of aliphatic hydroxyl groups excluding tert-OH is 1. The summed E-state index contributed by atoms with van der Waals surface area (Å²) in [7, 11) is 0. The minimum Gasteiger partial charge on any atom is -0.508 e. The first-order chi connectivity index (χ1) is 6.72. The van der Waals surface area contributed by atoms with Crippen LogP contribution < -0.4 is 0 Å². The van der Waals surface area contributed by atoms with Gasteiger partial charge < -0.3 is 10.2 Å². The molecule has 1 heterocycles. The van der Waals surface area contributed by atoms with Gasteiger partial charge in [0.15, 0.2) is 0 Å². The minimum absolute atomic E-state index is 0.0132. The maximum Gasteiger partial charge on any atom is 0.117 e. The van der Waals surface area contributed by atoms with Gasteiger partial charge in [-0.3, -0.25) is 0 Å². The Morgan fingerprint density at radius 2 is 2.29 bits per heavy atom. The molecule has 14 heavy (non-hydrogen) atoms. The highest BCUT2D eigenvalue weighted by atomic mass is 16.3. The molecule has 74 valence electrons. The summed E-state index contributed by atoms with van der Waals surface area (Å²) in [5, 5.41) is 26.0. The molecule has 0 fully saturated rings. The summed E-state index contributed by atoms with van der Waals surface area (Å²) < 4.78 is 1.63. The van der Waals surface area contributed by atoms with Gasteiger partial charge in [-0.1, -0.05) is 5.21 Å². The Kier molecular flexibility index (Phi) is 2.09. The van der Waals surface area contributed by atoms with E-state index in [4.69, 9.17) is 5.11 Å². The first-order valence-corrected chi connectivity index (χ1v) is 4.37. The van der Waals surface area contributed by atoms with Gasteiger partial charge in [0.2, 0.25) is 0 Å². The van der Waals surface area contributed by atoms with Crippen LogP contribution in [0.5, 0.6) is 5.75 Å². The van der Waals surface area contributed by atoms with E-state index < -0.39 is 0 Å². The second kappa shape index (κ2) is 3.26. The highest BCUT2D eigenvalue weighted by Crippen LogP contribution is 2.19. The molecule has 0 aliphatic heterocycles. The van der Waals surface area contributed by atoms with Gasteiger partial charge >= 0.3 is 0 Å². The van der Waals surface area contributed by atoms with Crippen LogP contribution in [-0.2, 0) is 0 Å². The molecule has 2 rings (SSSR count). The van der Waals surface area contributed by atoms with E-state index in [9.17, 15) is 5.11 Å². The van der Waals surface area contributed by atoms with Crippen molar-refractivity contribution in [2.24, 2.45) is 0 Å². The van der Waals surface area contributed by atoms with Crippen molar-refractivity contribution >= 4 is 11.0 Å². The number of phenolic OH excluding ortho intramolecular Hbond substituents is 1. The van der Waals surface area contributed by atoms with Crippen molar-refractivity contribution in [3.05, 3.63) is 18.2 Å². The molecule has 0 saturated carbocycles. The standard InChI is InChI=1S/C9H11N3O2/c1-6(5-13)12-9-3-2-7(14)4-8(9)10-11-12/h2-4,6,13-14H,5H2,1H3. The van der Waals surface area contributed by atoms with E-state index >= 15 is 0 Å². The molecule has 0 bridgehead atoms. The van der Waals surface area contributed by atoms with Crippen LogP contribution in [0.4, 0.5) is 0 Å². The molecule has 5 heteroatoms. The molecule has 2 aromatic rings. The third kappa shape index (κ3) is 1.31. The van der Waals surface area contributed by atoms with Gasteiger partial charge in [-0.15, -0.1) is 5.10 Å². The lowest BCUT2D eigenvalue weighted by Gasteiger charge is -2.07. The van der Waals surface area contributed by atoms with Crippen molar-refractivity contribution in [3.8, 4) is 5.75 Å². The summed E-state index contributed by atoms with van der Waals surface area (Å²) in [6.45, 7) is 1.86. The van der Waals surface area contributed by atoms with Crippen LogP contribution in [0.3, 0.4) is 0 Å². The molecule has 0 spiro atoms. The monoisotopic (exact) mass is 193 g/mol. The van der Waals surface area contributed by atoms with Gasteiger partial charge in [-0.05, 0) is 19.1 Å². The molecule has 1 atom stereocenters. The van der Waals surface area contributed by atoms with Gasteiger partial charge in [0, 0.05) is 6.07 Å². The first kappa shape index (κ1) is 8.96. The number of fused-ring (bicyclic) bond motifs is 1. The smallest absolute Gasteiger partial charge is 0.117 e. The van der Waals surface area contributed by atoms with Crippen LogP contribution in [0, 0.1) is 0 Å². The van der Waals surface area contributed by atoms with Crippen LogP contribution in [0.15, 0.2) is 18.2 Å². The number of nitrogens with zero attached hydrogens (tertiary/aromatic N) is 3. The fourth-order valence-electron chi connectivity index (χ4n) is 1.33. The lowest BCUT2D eigenvalue weighted by Crippen LogP contribution is -2.10. The number of rotatable bonds is 2. The molecule has 1 aromatic heterocycles.